The van der Waals surface area contributed by atoms with Crippen molar-refractivity contribution in [3.8, 4) is 11.5 Å². The number of fused-ring (bicyclic) bond motifs is 1. The predicted octanol–water partition coefficient (Wildman–Crippen LogP) is 1.75. The molecule has 1 aromatic rings. The Morgan fingerprint density at radius 2 is 1.94 bits per heavy atom. The molecule has 2 amide bonds. The highest BCUT2D eigenvalue weighted by Crippen LogP contribution is 2.36. The Morgan fingerprint density at radius 3 is 2.53 bits per heavy atom. The first-order valence-electron chi connectivity index (χ1n) is 5.51. The first-order valence-corrected chi connectivity index (χ1v) is 5.51. The highest BCUT2D eigenvalue weighted by molar-refractivity contribution is 5.95. The van der Waals surface area contributed by atoms with Crippen LogP contribution in [0.4, 0.5) is 10.5 Å². The number of rotatable bonds is 3. The zero-order chi connectivity index (χ0) is 12.4. The fraction of sp³-hybridized carbons (Fsp3) is 0.417. The summed E-state index contributed by atoms with van der Waals surface area (Å²) in [5.74, 6) is 1.32. The number of urea groups is 1. The number of ether oxygens (including phenoxy) is 2. The second kappa shape index (κ2) is 4.53. The van der Waals surface area contributed by atoms with Crippen LogP contribution in [0, 0.1) is 0 Å². The average molecular weight is 236 g/mol. The molecule has 2 rings (SSSR count). The van der Waals surface area contributed by atoms with Gasteiger partial charge < -0.3 is 14.8 Å². The van der Waals surface area contributed by atoms with Crippen molar-refractivity contribution in [2.24, 2.45) is 0 Å². The summed E-state index contributed by atoms with van der Waals surface area (Å²) < 4.78 is 10.5. The maximum atomic E-state index is 11.7. The molecule has 0 aromatic heterocycles. The van der Waals surface area contributed by atoms with Crippen molar-refractivity contribution < 1.29 is 14.3 Å². The van der Waals surface area contributed by atoms with Gasteiger partial charge in [-0.2, -0.15) is 0 Å². The molecule has 1 aliphatic rings. The molecule has 0 fully saturated rings. The molecule has 0 radical (unpaired) electrons. The minimum absolute atomic E-state index is 0.0766. The van der Waals surface area contributed by atoms with Crippen molar-refractivity contribution in [2.45, 2.75) is 13.5 Å². The monoisotopic (exact) mass is 236 g/mol. The van der Waals surface area contributed by atoms with Crippen LogP contribution in [-0.2, 0) is 6.54 Å². The summed E-state index contributed by atoms with van der Waals surface area (Å²) in [6, 6.07) is 3.67. The molecule has 0 atom stereocenters. The van der Waals surface area contributed by atoms with Gasteiger partial charge in [-0.3, -0.25) is 4.90 Å². The van der Waals surface area contributed by atoms with Gasteiger partial charge in [-0.25, -0.2) is 4.79 Å². The van der Waals surface area contributed by atoms with Gasteiger partial charge in [-0.15, -0.1) is 0 Å². The van der Waals surface area contributed by atoms with Crippen LogP contribution < -0.4 is 19.7 Å². The number of nitrogens with zero attached hydrogens (tertiary/aromatic N) is 1. The lowest BCUT2D eigenvalue weighted by molar-refractivity contribution is 0.245. The third kappa shape index (κ3) is 1.88. The quantitative estimate of drug-likeness (QED) is 0.869. The normalized spacial score (nSPS) is 14.1. The highest BCUT2D eigenvalue weighted by Gasteiger charge is 2.24. The molecule has 5 nitrogen and oxygen atoms in total. The van der Waals surface area contributed by atoms with E-state index in [1.807, 2.05) is 19.1 Å². The molecular weight excluding hydrogens is 220 g/mol. The molecule has 0 aliphatic carbocycles. The summed E-state index contributed by atoms with van der Waals surface area (Å²) in [7, 11) is 3.19. The van der Waals surface area contributed by atoms with Gasteiger partial charge in [0.2, 0.25) is 0 Å². The van der Waals surface area contributed by atoms with E-state index in [0.29, 0.717) is 24.6 Å². The van der Waals surface area contributed by atoms with Gasteiger partial charge in [0.05, 0.1) is 19.9 Å². The molecule has 17 heavy (non-hydrogen) atoms. The number of nitrogens with one attached hydrogen (secondary N) is 1. The topological polar surface area (TPSA) is 50.8 Å². The third-order valence-electron chi connectivity index (χ3n) is 2.87. The molecule has 1 heterocycles. The Bertz CT molecular complexity index is 446. The number of benzene rings is 1. The van der Waals surface area contributed by atoms with Crippen LogP contribution in [0.3, 0.4) is 0 Å². The summed E-state index contributed by atoms with van der Waals surface area (Å²) in [5, 5.41) is 2.82. The molecule has 92 valence electrons. The molecule has 1 N–H and O–H groups in total. The molecule has 0 saturated heterocycles. The predicted molar refractivity (Wildman–Crippen MR) is 64.8 cm³/mol. The molecule has 1 aliphatic heterocycles. The zero-order valence-electron chi connectivity index (χ0n) is 10.2. The zero-order valence-corrected chi connectivity index (χ0v) is 10.2. The second-order valence-corrected chi connectivity index (χ2v) is 3.74. The summed E-state index contributed by atoms with van der Waals surface area (Å²) in [5.41, 5.74) is 1.91. The van der Waals surface area contributed by atoms with Crippen molar-refractivity contribution in [1.29, 1.82) is 0 Å². The van der Waals surface area contributed by atoms with E-state index in [-0.39, 0.29) is 6.03 Å². The van der Waals surface area contributed by atoms with Gasteiger partial charge in [0.1, 0.15) is 0 Å². The van der Waals surface area contributed by atoms with E-state index in [1.165, 1.54) is 0 Å². The van der Waals surface area contributed by atoms with E-state index in [4.69, 9.17) is 9.47 Å². The maximum absolute atomic E-state index is 11.7. The van der Waals surface area contributed by atoms with E-state index in [0.717, 1.165) is 11.3 Å². The number of anilines is 1. The fourth-order valence-corrected chi connectivity index (χ4v) is 1.99. The maximum Gasteiger partial charge on any atom is 0.322 e. The molecule has 0 bridgehead atoms. The molecule has 0 spiro atoms. The standard InChI is InChI=1S/C12H16N2O3/c1-4-14-9-6-11(17-3)10(16-2)5-8(9)7-13-12(14)15/h5-6H,4,7H2,1-3H3,(H,13,15). The van der Waals surface area contributed by atoms with Crippen LogP contribution in [0.2, 0.25) is 0 Å². The number of carbonyl (C=O) groups is 1. The Labute approximate surface area is 100 Å². The molecule has 0 saturated carbocycles. The van der Waals surface area contributed by atoms with Crippen molar-refractivity contribution in [2.75, 3.05) is 25.7 Å². The smallest absolute Gasteiger partial charge is 0.322 e. The summed E-state index contributed by atoms with van der Waals surface area (Å²) >= 11 is 0. The average Bonchev–Trinajstić information content (AvgIpc) is 2.37. The lowest BCUT2D eigenvalue weighted by Gasteiger charge is -2.29. The summed E-state index contributed by atoms with van der Waals surface area (Å²) in [6.45, 7) is 3.07. The molecule has 5 heteroatoms. The Kier molecular flexibility index (Phi) is 3.08. The van der Waals surface area contributed by atoms with E-state index < -0.39 is 0 Å². The van der Waals surface area contributed by atoms with Crippen molar-refractivity contribution >= 4 is 11.7 Å². The van der Waals surface area contributed by atoms with Crippen molar-refractivity contribution in [3.05, 3.63) is 17.7 Å². The van der Waals surface area contributed by atoms with E-state index in [9.17, 15) is 4.79 Å². The van der Waals surface area contributed by atoms with Crippen LogP contribution >= 0.6 is 0 Å². The van der Waals surface area contributed by atoms with Gasteiger partial charge in [0.15, 0.2) is 11.5 Å². The van der Waals surface area contributed by atoms with Gasteiger partial charge in [-0.1, -0.05) is 0 Å². The third-order valence-corrected chi connectivity index (χ3v) is 2.87. The van der Waals surface area contributed by atoms with E-state index in [1.54, 1.807) is 19.1 Å². The SMILES string of the molecule is CCN1C(=O)NCc2cc(OC)c(OC)cc21. The van der Waals surface area contributed by atoms with Gasteiger partial charge in [0.25, 0.3) is 0 Å². The minimum Gasteiger partial charge on any atom is -0.493 e. The number of hydrogen-bond acceptors (Lipinski definition) is 3. The van der Waals surface area contributed by atoms with Crippen LogP contribution in [0.25, 0.3) is 0 Å². The Morgan fingerprint density at radius 1 is 1.29 bits per heavy atom. The van der Waals surface area contributed by atoms with Crippen LogP contribution in [0.1, 0.15) is 12.5 Å². The first-order chi connectivity index (χ1) is 8.21. The van der Waals surface area contributed by atoms with Crippen molar-refractivity contribution in [3.63, 3.8) is 0 Å². The van der Waals surface area contributed by atoms with E-state index in [2.05, 4.69) is 5.32 Å². The molecular formula is C12H16N2O3. The van der Waals surface area contributed by atoms with Gasteiger partial charge in [-0.05, 0) is 18.6 Å². The number of methoxy groups -OCH3 is 2. The van der Waals surface area contributed by atoms with Gasteiger partial charge >= 0.3 is 6.03 Å². The number of carbonyl (C=O) groups excluding carboxylic acids is 1. The Balaban J connectivity index is 2.52. The lowest BCUT2D eigenvalue weighted by atomic mass is 10.1. The lowest BCUT2D eigenvalue weighted by Crippen LogP contribution is -2.44. The minimum atomic E-state index is -0.0766. The Hall–Kier alpha value is -1.91. The highest BCUT2D eigenvalue weighted by atomic mass is 16.5. The largest absolute Gasteiger partial charge is 0.493 e. The van der Waals surface area contributed by atoms with Crippen LogP contribution in [-0.4, -0.2) is 26.8 Å². The molecule has 0 unspecified atom stereocenters. The second-order valence-electron chi connectivity index (χ2n) is 3.74. The summed E-state index contributed by atoms with van der Waals surface area (Å²) in [4.78, 5) is 13.4. The van der Waals surface area contributed by atoms with E-state index >= 15 is 0 Å². The fourth-order valence-electron chi connectivity index (χ4n) is 1.99. The van der Waals surface area contributed by atoms with Crippen LogP contribution in [0.5, 0.6) is 11.5 Å². The van der Waals surface area contributed by atoms with Gasteiger partial charge in [0, 0.05) is 19.2 Å². The number of hydrogen-bond donors (Lipinski definition) is 1. The molecule has 1 aromatic carbocycles. The first kappa shape index (κ1) is 11.6. The summed E-state index contributed by atoms with van der Waals surface area (Å²) in [6.07, 6.45) is 0. The van der Waals surface area contributed by atoms with Crippen LogP contribution in [0.15, 0.2) is 12.1 Å². The number of amides is 2. The van der Waals surface area contributed by atoms with Crippen molar-refractivity contribution in [1.82, 2.24) is 5.32 Å².